The summed E-state index contributed by atoms with van der Waals surface area (Å²) in [4.78, 5) is 6.33. The Bertz CT molecular complexity index is 509. The van der Waals surface area contributed by atoms with E-state index in [2.05, 4.69) is 40.2 Å². The molecule has 5 nitrogen and oxygen atoms in total. The van der Waals surface area contributed by atoms with Crippen LogP contribution in [0.5, 0.6) is 0 Å². The standard InChI is InChI=1S/C13H18N4O/c1-10-5-3-4-6-11(10)8-17(2)9-12-15-13(7-14)18-16-12/h3-6H,7-9,14H2,1-2H3. The van der Waals surface area contributed by atoms with E-state index in [1.807, 2.05) is 13.1 Å². The van der Waals surface area contributed by atoms with Crippen LogP contribution in [0.1, 0.15) is 22.8 Å². The van der Waals surface area contributed by atoms with Crippen molar-refractivity contribution in [1.29, 1.82) is 0 Å². The normalized spacial score (nSPS) is 11.1. The molecule has 0 aliphatic rings. The Kier molecular flexibility index (Phi) is 4.07. The third kappa shape index (κ3) is 3.15. The second kappa shape index (κ2) is 5.75. The van der Waals surface area contributed by atoms with Crippen LogP contribution in [0.4, 0.5) is 0 Å². The third-order valence-corrected chi connectivity index (χ3v) is 2.80. The predicted molar refractivity (Wildman–Crippen MR) is 68.5 cm³/mol. The van der Waals surface area contributed by atoms with Gasteiger partial charge in [-0.1, -0.05) is 29.4 Å². The van der Waals surface area contributed by atoms with Crippen LogP contribution >= 0.6 is 0 Å². The average Bonchev–Trinajstić information content (AvgIpc) is 2.80. The van der Waals surface area contributed by atoms with Crippen molar-refractivity contribution in [2.24, 2.45) is 5.73 Å². The van der Waals surface area contributed by atoms with Gasteiger partial charge in [0.15, 0.2) is 5.82 Å². The number of nitrogens with two attached hydrogens (primary N) is 1. The van der Waals surface area contributed by atoms with E-state index in [1.165, 1.54) is 11.1 Å². The summed E-state index contributed by atoms with van der Waals surface area (Å²) in [6, 6.07) is 8.35. The first-order valence-electron chi connectivity index (χ1n) is 5.93. The predicted octanol–water partition coefficient (Wildman–Crippen LogP) is 1.47. The SMILES string of the molecule is Cc1ccccc1CN(C)Cc1noc(CN)n1. The van der Waals surface area contributed by atoms with Crippen LogP contribution < -0.4 is 5.73 Å². The number of hydrogen-bond acceptors (Lipinski definition) is 5. The lowest BCUT2D eigenvalue weighted by atomic mass is 10.1. The molecule has 0 atom stereocenters. The Morgan fingerprint density at radius 1 is 1.28 bits per heavy atom. The Morgan fingerprint density at radius 3 is 2.72 bits per heavy atom. The summed E-state index contributed by atoms with van der Waals surface area (Å²) < 4.78 is 4.98. The quantitative estimate of drug-likeness (QED) is 0.865. The first-order valence-corrected chi connectivity index (χ1v) is 5.93. The van der Waals surface area contributed by atoms with E-state index in [0.717, 1.165) is 6.54 Å². The average molecular weight is 246 g/mol. The van der Waals surface area contributed by atoms with Crippen molar-refractivity contribution in [3.05, 3.63) is 47.1 Å². The highest BCUT2D eigenvalue weighted by molar-refractivity contribution is 5.25. The molecule has 0 aliphatic carbocycles. The molecule has 0 fully saturated rings. The van der Waals surface area contributed by atoms with Crippen LogP contribution in [0.25, 0.3) is 0 Å². The largest absolute Gasteiger partial charge is 0.338 e. The summed E-state index contributed by atoms with van der Waals surface area (Å²) in [5, 5.41) is 3.88. The fraction of sp³-hybridized carbons (Fsp3) is 0.385. The fourth-order valence-electron chi connectivity index (χ4n) is 1.81. The molecule has 5 heteroatoms. The third-order valence-electron chi connectivity index (χ3n) is 2.80. The van der Waals surface area contributed by atoms with Crippen molar-refractivity contribution in [1.82, 2.24) is 15.0 Å². The van der Waals surface area contributed by atoms with Gasteiger partial charge in [0.2, 0.25) is 5.89 Å². The van der Waals surface area contributed by atoms with Crippen molar-refractivity contribution in [2.75, 3.05) is 7.05 Å². The van der Waals surface area contributed by atoms with Gasteiger partial charge in [-0.3, -0.25) is 4.90 Å². The van der Waals surface area contributed by atoms with E-state index in [9.17, 15) is 0 Å². The first kappa shape index (κ1) is 12.7. The molecule has 2 N–H and O–H groups in total. The Morgan fingerprint density at radius 2 is 2.06 bits per heavy atom. The topological polar surface area (TPSA) is 68.2 Å². The van der Waals surface area contributed by atoms with Gasteiger partial charge in [0.25, 0.3) is 0 Å². The zero-order valence-electron chi connectivity index (χ0n) is 10.8. The van der Waals surface area contributed by atoms with Crippen molar-refractivity contribution in [2.45, 2.75) is 26.6 Å². The zero-order chi connectivity index (χ0) is 13.0. The van der Waals surface area contributed by atoms with Gasteiger partial charge < -0.3 is 10.3 Å². The Labute approximate surface area is 107 Å². The molecular formula is C13H18N4O. The molecule has 1 aromatic heterocycles. The smallest absolute Gasteiger partial charge is 0.240 e. The van der Waals surface area contributed by atoms with E-state index >= 15 is 0 Å². The van der Waals surface area contributed by atoms with E-state index in [4.69, 9.17) is 10.3 Å². The maximum absolute atomic E-state index is 5.43. The molecule has 2 rings (SSSR count). The molecule has 18 heavy (non-hydrogen) atoms. The minimum absolute atomic E-state index is 0.286. The maximum Gasteiger partial charge on any atom is 0.240 e. The molecule has 96 valence electrons. The van der Waals surface area contributed by atoms with Crippen LogP contribution in [0.15, 0.2) is 28.8 Å². The summed E-state index contributed by atoms with van der Waals surface area (Å²) in [5.74, 6) is 1.15. The van der Waals surface area contributed by atoms with Gasteiger partial charge in [-0.2, -0.15) is 4.98 Å². The van der Waals surface area contributed by atoms with E-state index in [-0.39, 0.29) is 6.54 Å². The minimum Gasteiger partial charge on any atom is -0.338 e. The second-order valence-electron chi connectivity index (χ2n) is 4.41. The van der Waals surface area contributed by atoms with Gasteiger partial charge in [-0.15, -0.1) is 0 Å². The molecule has 2 aromatic rings. The molecule has 1 aromatic carbocycles. The number of benzene rings is 1. The minimum atomic E-state index is 0.286. The summed E-state index contributed by atoms with van der Waals surface area (Å²) in [5.41, 5.74) is 8.03. The highest BCUT2D eigenvalue weighted by atomic mass is 16.5. The lowest BCUT2D eigenvalue weighted by molar-refractivity contribution is 0.299. The Balaban J connectivity index is 1.96. The molecule has 0 radical (unpaired) electrons. The number of nitrogens with zero attached hydrogens (tertiary/aromatic N) is 3. The number of rotatable bonds is 5. The van der Waals surface area contributed by atoms with Crippen LogP contribution in [-0.2, 0) is 19.6 Å². The highest BCUT2D eigenvalue weighted by Gasteiger charge is 2.09. The second-order valence-corrected chi connectivity index (χ2v) is 4.41. The molecule has 0 unspecified atom stereocenters. The van der Waals surface area contributed by atoms with E-state index in [1.54, 1.807) is 0 Å². The van der Waals surface area contributed by atoms with Crippen LogP contribution in [0.3, 0.4) is 0 Å². The van der Waals surface area contributed by atoms with Crippen molar-refractivity contribution >= 4 is 0 Å². The molecule has 0 aliphatic heterocycles. The number of hydrogen-bond donors (Lipinski definition) is 1. The highest BCUT2D eigenvalue weighted by Crippen LogP contribution is 2.10. The summed E-state index contributed by atoms with van der Waals surface area (Å²) in [7, 11) is 2.03. The molecule has 0 spiro atoms. The van der Waals surface area contributed by atoms with Crippen molar-refractivity contribution in [3.8, 4) is 0 Å². The summed E-state index contributed by atoms with van der Waals surface area (Å²) in [6.45, 7) is 3.91. The van der Waals surface area contributed by atoms with Crippen LogP contribution in [0.2, 0.25) is 0 Å². The molecule has 1 heterocycles. The molecule has 0 amide bonds. The summed E-state index contributed by atoms with van der Waals surface area (Å²) in [6.07, 6.45) is 0. The lowest BCUT2D eigenvalue weighted by Crippen LogP contribution is -2.18. The fourth-order valence-corrected chi connectivity index (χ4v) is 1.81. The van der Waals surface area contributed by atoms with Gasteiger partial charge in [0.05, 0.1) is 13.1 Å². The number of aryl methyl sites for hydroxylation is 1. The molecule has 0 saturated carbocycles. The van der Waals surface area contributed by atoms with Gasteiger partial charge in [0, 0.05) is 6.54 Å². The first-order chi connectivity index (χ1) is 8.69. The maximum atomic E-state index is 5.43. The lowest BCUT2D eigenvalue weighted by Gasteiger charge is -2.15. The molecular weight excluding hydrogens is 228 g/mol. The van der Waals surface area contributed by atoms with Gasteiger partial charge in [-0.05, 0) is 25.1 Å². The van der Waals surface area contributed by atoms with Gasteiger partial charge in [-0.25, -0.2) is 0 Å². The van der Waals surface area contributed by atoms with Gasteiger partial charge in [0.1, 0.15) is 0 Å². The summed E-state index contributed by atoms with van der Waals surface area (Å²) >= 11 is 0. The van der Waals surface area contributed by atoms with Crippen LogP contribution in [0, 0.1) is 6.92 Å². The van der Waals surface area contributed by atoms with Crippen molar-refractivity contribution in [3.63, 3.8) is 0 Å². The zero-order valence-corrected chi connectivity index (χ0v) is 10.8. The Hall–Kier alpha value is -1.72. The monoisotopic (exact) mass is 246 g/mol. The van der Waals surface area contributed by atoms with E-state index in [0.29, 0.717) is 18.3 Å². The van der Waals surface area contributed by atoms with Crippen LogP contribution in [-0.4, -0.2) is 22.1 Å². The van der Waals surface area contributed by atoms with E-state index < -0.39 is 0 Å². The molecule has 0 bridgehead atoms. The van der Waals surface area contributed by atoms with Crippen molar-refractivity contribution < 1.29 is 4.52 Å². The van der Waals surface area contributed by atoms with Gasteiger partial charge >= 0.3 is 0 Å². The number of aromatic nitrogens is 2. The molecule has 0 saturated heterocycles.